The summed E-state index contributed by atoms with van der Waals surface area (Å²) in [5.74, 6) is -0.599. The molecule has 4 heteroatoms. The fraction of sp³-hybridized carbons (Fsp3) is 0.500. The lowest BCUT2D eigenvalue weighted by atomic mass is 10.3. The first-order valence-corrected chi connectivity index (χ1v) is 3.56. The van der Waals surface area contributed by atoms with Crippen molar-refractivity contribution < 1.29 is 14.3 Å². The lowest BCUT2D eigenvalue weighted by Gasteiger charge is -1.96. The number of carbonyl (C=O) groups is 2. The Labute approximate surface area is 72.4 Å². The molecule has 0 aliphatic carbocycles. The van der Waals surface area contributed by atoms with Crippen LogP contribution in [0, 0.1) is 0 Å². The molecule has 0 aromatic carbocycles. The van der Waals surface area contributed by atoms with Crippen molar-refractivity contribution in [3.8, 4) is 0 Å². The Morgan fingerprint density at radius 2 is 2.00 bits per heavy atom. The largest absolute Gasteiger partial charge is 0.466 e. The summed E-state index contributed by atoms with van der Waals surface area (Å²) >= 11 is 0. The zero-order valence-electron chi connectivity index (χ0n) is 7.50. The molecule has 0 atom stereocenters. The van der Waals surface area contributed by atoms with Gasteiger partial charge in [-0.2, -0.15) is 0 Å². The molecule has 0 saturated carbocycles. The van der Waals surface area contributed by atoms with E-state index < -0.39 is 5.97 Å². The Kier molecular flexibility index (Phi) is 10.7. The third-order valence-corrected chi connectivity index (χ3v) is 0.699. The molecule has 0 spiro atoms. The highest BCUT2D eigenvalue weighted by Crippen LogP contribution is 1.86. The van der Waals surface area contributed by atoms with Crippen molar-refractivity contribution in [3.63, 3.8) is 0 Å². The standard InChI is InChI=1S/C6H10O3.C2H5N/c1-3-9-6(8)4-5(2)7;1-2-3/h3-4H2,1-2H3;2H,1,3H2. The smallest absolute Gasteiger partial charge is 0.313 e. The number of ketones is 1. The minimum atomic E-state index is -0.440. The SMILES string of the molecule is C=CN.CCOC(=O)CC(C)=O. The summed E-state index contributed by atoms with van der Waals surface area (Å²) in [5, 5.41) is 0. The first kappa shape index (κ1) is 13.3. The van der Waals surface area contributed by atoms with Crippen LogP contribution < -0.4 is 5.73 Å². The highest BCUT2D eigenvalue weighted by atomic mass is 16.5. The summed E-state index contributed by atoms with van der Waals surface area (Å²) in [4.78, 5) is 20.6. The van der Waals surface area contributed by atoms with Crippen molar-refractivity contribution in [2.24, 2.45) is 5.73 Å². The van der Waals surface area contributed by atoms with Crippen LogP contribution >= 0.6 is 0 Å². The molecule has 70 valence electrons. The van der Waals surface area contributed by atoms with Crippen LogP contribution in [-0.4, -0.2) is 18.4 Å². The van der Waals surface area contributed by atoms with Crippen LogP contribution in [0.25, 0.3) is 0 Å². The van der Waals surface area contributed by atoms with Crippen molar-refractivity contribution >= 4 is 11.8 Å². The van der Waals surface area contributed by atoms with Crippen LogP contribution in [0.4, 0.5) is 0 Å². The summed E-state index contributed by atoms with van der Waals surface area (Å²) in [7, 11) is 0. The Morgan fingerprint density at radius 3 is 2.25 bits per heavy atom. The van der Waals surface area contributed by atoms with E-state index in [-0.39, 0.29) is 12.2 Å². The predicted molar refractivity (Wildman–Crippen MR) is 46.3 cm³/mol. The van der Waals surface area contributed by atoms with Crippen molar-refractivity contribution in [1.29, 1.82) is 0 Å². The van der Waals surface area contributed by atoms with E-state index in [2.05, 4.69) is 17.0 Å². The molecule has 0 aromatic heterocycles. The van der Waals surface area contributed by atoms with Gasteiger partial charge in [0.1, 0.15) is 12.2 Å². The second-order valence-electron chi connectivity index (χ2n) is 1.92. The van der Waals surface area contributed by atoms with Gasteiger partial charge in [-0.05, 0) is 20.0 Å². The second-order valence-corrected chi connectivity index (χ2v) is 1.92. The highest BCUT2D eigenvalue weighted by molar-refractivity contribution is 5.94. The topological polar surface area (TPSA) is 69.4 Å². The van der Waals surface area contributed by atoms with E-state index in [0.717, 1.165) is 0 Å². The number of ether oxygens (including phenoxy) is 1. The van der Waals surface area contributed by atoms with Gasteiger partial charge >= 0.3 is 5.97 Å². The molecule has 0 radical (unpaired) electrons. The van der Waals surface area contributed by atoms with Gasteiger partial charge in [-0.15, -0.1) is 0 Å². The van der Waals surface area contributed by atoms with Gasteiger partial charge in [0.15, 0.2) is 0 Å². The average molecular weight is 173 g/mol. The minimum Gasteiger partial charge on any atom is -0.466 e. The van der Waals surface area contributed by atoms with Crippen LogP contribution in [0.1, 0.15) is 20.3 Å². The lowest BCUT2D eigenvalue weighted by molar-refractivity contribution is -0.145. The van der Waals surface area contributed by atoms with Crippen molar-refractivity contribution in [2.45, 2.75) is 20.3 Å². The summed E-state index contributed by atoms with van der Waals surface area (Å²) in [5.41, 5.74) is 4.61. The second kappa shape index (κ2) is 9.68. The maximum Gasteiger partial charge on any atom is 0.313 e. The number of carbonyl (C=O) groups excluding carboxylic acids is 2. The average Bonchev–Trinajstić information content (AvgIpc) is 1.87. The molecule has 0 unspecified atom stereocenters. The maximum absolute atomic E-state index is 10.4. The third-order valence-electron chi connectivity index (χ3n) is 0.699. The number of Topliss-reactive ketones (excluding diaryl/α,β-unsaturated/α-hetero) is 1. The van der Waals surface area contributed by atoms with Crippen LogP contribution in [0.15, 0.2) is 12.8 Å². The molecule has 0 rings (SSSR count). The van der Waals surface area contributed by atoms with E-state index >= 15 is 0 Å². The van der Waals surface area contributed by atoms with Crippen molar-refractivity contribution in [2.75, 3.05) is 6.61 Å². The van der Waals surface area contributed by atoms with Crippen molar-refractivity contribution in [1.82, 2.24) is 0 Å². The summed E-state index contributed by atoms with van der Waals surface area (Å²) in [6.07, 6.45) is 1.15. The molecule has 0 heterocycles. The molecule has 0 amide bonds. The van der Waals surface area contributed by atoms with E-state index in [1.165, 1.54) is 13.1 Å². The van der Waals surface area contributed by atoms with E-state index in [1.54, 1.807) is 6.92 Å². The van der Waals surface area contributed by atoms with E-state index in [9.17, 15) is 9.59 Å². The number of hydrogen-bond acceptors (Lipinski definition) is 4. The Bertz CT molecular complexity index is 154. The van der Waals surface area contributed by atoms with E-state index in [0.29, 0.717) is 6.61 Å². The van der Waals surface area contributed by atoms with Crippen LogP contribution in [0.3, 0.4) is 0 Å². The minimum absolute atomic E-state index is 0.103. The van der Waals surface area contributed by atoms with Gasteiger partial charge in [-0.3, -0.25) is 9.59 Å². The van der Waals surface area contributed by atoms with Gasteiger partial charge < -0.3 is 10.5 Å². The molecule has 2 N–H and O–H groups in total. The predicted octanol–water partition coefficient (Wildman–Crippen LogP) is 0.617. The molecule has 12 heavy (non-hydrogen) atoms. The Morgan fingerprint density at radius 1 is 1.58 bits per heavy atom. The van der Waals surface area contributed by atoms with Gasteiger partial charge in [0.2, 0.25) is 0 Å². The maximum atomic E-state index is 10.4. The van der Waals surface area contributed by atoms with Crippen LogP contribution in [0.2, 0.25) is 0 Å². The van der Waals surface area contributed by atoms with E-state index in [1.807, 2.05) is 0 Å². The van der Waals surface area contributed by atoms with Gasteiger partial charge in [0, 0.05) is 0 Å². The summed E-state index contributed by atoms with van der Waals surface area (Å²) in [6, 6.07) is 0. The van der Waals surface area contributed by atoms with E-state index in [4.69, 9.17) is 0 Å². The molecule has 4 nitrogen and oxygen atoms in total. The fourth-order valence-corrected chi connectivity index (χ4v) is 0.415. The molecule has 0 fully saturated rings. The van der Waals surface area contributed by atoms with Crippen LogP contribution in [0.5, 0.6) is 0 Å². The summed E-state index contributed by atoms with van der Waals surface area (Å²) in [6.45, 7) is 6.54. The molecule has 0 aromatic rings. The normalized spacial score (nSPS) is 7.50. The monoisotopic (exact) mass is 173 g/mol. The van der Waals surface area contributed by atoms with Gasteiger partial charge in [-0.1, -0.05) is 6.58 Å². The number of rotatable bonds is 3. The van der Waals surface area contributed by atoms with Gasteiger partial charge in [0.25, 0.3) is 0 Å². The van der Waals surface area contributed by atoms with Gasteiger partial charge in [-0.25, -0.2) is 0 Å². The number of esters is 1. The number of nitrogens with two attached hydrogens (primary N) is 1. The first-order valence-electron chi connectivity index (χ1n) is 3.56. The molecular weight excluding hydrogens is 158 g/mol. The molecule has 0 bridgehead atoms. The summed E-state index contributed by atoms with van der Waals surface area (Å²) < 4.78 is 4.49. The zero-order valence-corrected chi connectivity index (χ0v) is 7.50. The lowest BCUT2D eigenvalue weighted by Crippen LogP contribution is -2.07. The fourth-order valence-electron chi connectivity index (χ4n) is 0.415. The molecular formula is C8H15NO3. The first-order chi connectivity index (χ1) is 5.58. The molecule has 0 aliphatic heterocycles. The number of hydrogen-bond donors (Lipinski definition) is 1. The molecule has 0 aliphatic rings. The Balaban J connectivity index is 0. The zero-order chi connectivity index (χ0) is 9.98. The third kappa shape index (κ3) is 15.9. The van der Waals surface area contributed by atoms with Crippen molar-refractivity contribution in [3.05, 3.63) is 12.8 Å². The quantitative estimate of drug-likeness (QED) is 0.501. The highest BCUT2D eigenvalue weighted by Gasteiger charge is 2.03. The molecule has 0 saturated heterocycles. The Hall–Kier alpha value is -1.32. The van der Waals surface area contributed by atoms with Crippen LogP contribution in [-0.2, 0) is 14.3 Å². The van der Waals surface area contributed by atoms with Gasteiger partial charge in [0.05, 0.1) is 6.61 Å².